The number of hydrogen-bond acceptors (Lipinski definition) is 0. The van der Waals surface area contributed by atoms with Crippen molar-refractivity contribution in [2.75, 3.05) is 0 Å². The second kappa shape index (κ2) is 24.9. The fraction of sp³-hybridized carbons (Fsp3) is 0.860. The van der Waals surface area contributed by atoms with E-state index in [-0.39, 0.29) is 0 Å². The van der Waals surface area contributed by atoms with Crippen LogP contribution in [0, 0.1) is 6.92 Å². The van der Waals surface area contributed by atoms with Crippen LogP contribution in [0.15, 0.2) is 30.3 Å². The Morgan fingerprint density at radius 2 is 0.553 bits per heavy atom. The van der Waals surface area contributed by atoms with Gasteiger partial charge in [0.2, 0.25) is 0 Å². The molecule has 0 spiro atoms. The second-order valence-electron chi connectivity index (χ2n) is 16.3. The number of rotatable bonds is 6. The number of benzene rings is 1. The monoisotopic (exact) mass is 745 g/mol. The molecule has 1 aromatic rings. The van der Waals surface area contributed by atoms with Gasteiger partial charge in [-0.2, -0.15) is 0 Å². The van der Waals surface area contributed by atoms with Crippen LogP contribution < -0.4 is 0 Å². The van der Waals surface area contributed by atoms with Crippen LogP contribution in [0.25, 0.3) is 0 Å². The standard InChI is InChI=1S/2C18H33P.C7H8.ClH.Ni/c2*1-4-10-16(11-5-1)19(17-12-6-2-7-13-17)18-14-8-3-9-15-18;1-7-5-3-2-4-6-7;;/h2*16-18H,1-15H2;2-6H,1H3;1H;/q;;;;+1/p-1. The van der Waals surface area contributed by atoms with Gasteiger partial charge < -0.3 is 0 Å². The molecule has 0 radical (unpaired) electrons. The van der Waals surface area contributed by atoms with Gasteiger partial charge in [0, 0.05) is 0 Å². The summed E-state index contributed by atoms with van der Waals surface area (Å²) in [5.74, 6) is 0. The first-order chi connectivity index (χ1) is 23.3. The van der Waals surface area contributed by atoms with E-state index in [1.807, 2.05) is 18.2 Å². The summed E-state index contributed by atoms with van der Waals surface area (Å²) in [6.45, 7) is 2.08. The van der Waals surface area contributed by atoms with Gasteiger partial charge >= 0.3 is 24.8 Å². The molecule has 0 atom stereocenters. The third kappa shape index (κ3) is 14.4. The van der Waals surface area contributed by atoms with E-state index in [2.05, 4.69) is 43.8 Å². The van der Waals surface area contributed by atoms with Crippen molar-refractivity contribution in [3.8, 4) is 0 Å². The average Bonchev–Trinajstić information content (AvgIpc) is 3.16. The fourth-order valence-corrected chi connectivity index (χ4v) is 19.9. The number of hydrogen-bond donors (Lipinski definition) is 0. The van der Waals surface area contributed by atoms with E-state index in [1.165, 1.54) is 78.0 Å². The zero-order valence-electron chi connectivity index (χ0n) is 30.7. The molecule has 6 aliphatic rings. The molecule has 0 aliphatic heterocycles. The molecular formula is C43H74ClNiP2. The predicted molar refractivity (Wildman–Crippen MR) is 212 cm³/mol. The molecule has 1 aromatic carbocycles. The van der Waals surface area contributed by atoms with Crippen LogP contribution in [0.3, 0.4) is 0 Å². The molecular weight excluding hydrogens is 673 g/mol. The third-order valence-electron chi connectivity index (χ3n) is 12.9. The van der Waals surface area contributed by atoms with Crippen molar-refractivity contribution in [3.63, 3.8) is 0 Å². The van der Waals surface area contributed by atoms with Crippen LogP contribution >= 0.6 is 26.0 Å². The molecule has 0 saturated heterocycles. The number of aryl methyl sites for hydroxylation is 1. The van der Waals surface area contributed by atoms with Crippen molar-refractivity contribution < 1.29 is 14.6 Å². The molecule has 0 aromatic heterocycles. The summed E-state index contributed by atoms with van der Waals surface area (Å²) in [6.07, 6.45) is 47.2. The Balaban J connectivity index is 0.000000170. The van der Waals surface area contributed by atoms with Crippen molar-refractivity contribution in [2.24, 2.45) is 0 Å². The van der Waals surface area contributed by atoms with Crippen LogP contribution in [0.4, 0.5) is 0 Å². The Morgan fingerprint density at radius 1 is 0.362 bits per heavy atom. The molecule has 273 valence electrons. The van der Waals surface area contributed by atoms with Crippen LogP contribution in [-0.4, -0.2) is 34.0 Å². The third-order valence-corrected chi connectivity index (χ3v) is 21.1. The SMILES string of the molecule is C1CCC(P(C2CCCCC2)C2CCCCC2)CC1.C1CCC(P(C2CCCCC2)C2CCCCC2)CC1.Cc1ccccc1.[Cl][Ni]. The Hall–Kier alpha value is 0.864. The maximum absolute atomic E-state index is 4.26. The summed E-state index contributed by atoms with van der Waals surface area (Å²) in [4.78, 5) is 0. The minimum absolute atomic E-state index is 0.385. The molecule has 0 amide bonds. The van der Waals surface area contributed by atoms with Crippen LogP contribution in [0.2, 0.25) is 0 Å². The molecule has 0 N–H and O–H groups in total. The minimum atomic E-state index is 0.385. The van der Waals surface area contributed by atoms with Crippen molar-refractivity contribution >= 4 is 26.0 Å². The summed E-state index contributed by atoms with van der Waals surface area (Å²) in [7, 11) is 5.03. The van der Waals surface area contributed by atoms with Crippen molar-refractivity contribution in [3.05, 3.63) is 35.9 Å². The molecule has 0 bridgehead atoms. The van der Waals surface area contributed by atoms with E-state index >= 15 is 0 Å². The van der Waals surface area contributed by atoms with E-state index in [9.17, 15) is 0 Å². The summed E-state index contributed by atoms with van der Waals surface area (Å²) >= 11 is 3.35. The van der Waals surface area contributed by atoms with E-state index in [4.69, 9.17) is 0 Å². The Labute approximate surface area is 308 Å². The van der Waals surface area contributed by atoms with Crippen molar-refractivity contribution in [1.29, 1.82) is 0 Å². The Kier molecular flexibility index (Phi) is 21.6. The molecule has 6 aliphatic carbocycles. The molecule has 6 saturated carbocycles. The van der Waals surface area contributed by atoms with Gasteiger partial charge in [-0.15, -0.1) is 0 Å². The van der Waals surface area contributed by atoms with Gasteiger partial charge in [-0.05, 0) is 118 Å². The van der Waals surface area contributed by atoms with Gasteiger partial charge in [0.1, 0.15) is 0 Å². The first kappa shape index (κ1) is 40.6. The average molecular weight is 747 g/mol. The summed E-state index contributed by atoms with van der Waals surface area (Å²) in [6, 6.07) is 10.3. The van der Waals surface area contributed by atoms with Gasteiger partial charge in [0.25, 0.3) is 0 Å². The van der Waals surface area contributed by atoms with Crippen molar-refractivity contribution in [1.82, 2.24) is 0 Å². The van der Waals surface area contributed by atoms with Crippen LogP contribution in [0.1, 0.15) is 198 Å². The quantitative estimate of drug-likeness (QED) is 0.201. The second-order valence-corrected chi connectivity index (χ2v) is 22.5. The molecule has 47 heavy (non-hydrogen) atoms. The molecule has 7 rings (SSSR count). The van der Waals surface area contributed by atoms with E-state index in [1.54, 1.807) is 154 Å². The van der Waals surface area contributed by atoms with Crippen LogP contribution in [-0.2, 0) is 14.6 Å². The molecule has 6 fully saturated rings. The van der Waals surface area contributed by atoms with Gasteiger partial charge in [0.15, 0.2) is 0 Å². The Morgan fingerprint density at radius 3 is 0.702 bits per heavy atom. The first-order valence-electron chi connectivity index (χ1n) is 21.0. The van der Waals surface area contributed by atoms with Crippen molar-refractivity contribution in [2.45, 2.75) is 234 Å². The molecule has 0 unspecified atom stereocenters. The van der Waals surface area contributed by atoms with E-state index in [0.717, 1.165) is 0 Å². The van der Waals surface area contributed by atoms with Gasteiger partial charge in [-0.1, -0.05) is 167 Å². The summed E-state index contributed by atoms with van der Waals surface area (Å²) < 4.78 is 0. The first-order valence-corrected chi connectivity index (χ1v) is 25.4. The van der Waals surface area contributed by atoms with Gasteiger partial charge in [0.05, 0.1) is 0 Å². The van der Waals surface area contributed by atoms with Crippen LogP contribution in [0.5, 0.6) is 0 Å². The van der Waals surface area contributed by atoms with Gasteiger partial charge in [-0.3, -0.25) is 0 Å². The topological polar surface area (TPSA) is 0 Å². The fourth-order valence-electron chi connectivity index (χ4n) is 10.6. The van der Waals surface area contributed by atoms with E-state index in [0.29, 0.717) is 15.8 Å². The zero-order valence-corrected chi connectivity index (χ0v) is 34.2. The maximum atomic E-state index is 4.26. The molecule has 4 heteroatoms. The molecule has 0 nitrogen and oxygen atoms in total. The number of halogens is 1. The Bertz CT molecular complexity index is 721. The van der Waals surface area contributed by atoms with Gasteiger partial charge in [-0.25, -0.2) is 0 Å². The van der Waals surface area contributed by atoms with E-state index < -0.39 is 0 Å². The zero-order chi connectivity index (χ0) is 32.9. The summed E-state index contributed by atoms with van der Waals surface area (Å²) in [5.41, 5.74) is 8.46. The predicted octanol–water partition coefficient (Wildman–Crippen LogP) is 15.6. The summed E-state index contributed by atoms with van der Waals surface area (Å²) in [5, 5.41) is 0. The normalized spacial score (nSPS) is 24.8. The molecule has 0 heterocycles.